The van der Waals surface area contributed by atoms with E-state index in [0.717, 1.165) is 52.1 Å². The van der Waals surface area contributed by atoms with Crippen molar-refractivity contribution in [2.24, 2.45) is 11.5 Å². The van der Waals surface area contributed by atoms with E-state index in [-0.39, 0.29) is 11.9 Å². The van der Waals surface area contributed by atoms with Gasteiger partial charge in [-0.15, -0.1) is 0 Å². The van der Waals surface area contributed by atoms with Crippen LogP contribution in [0.3, 0.4) is 0 Å². The van der Waals surface area contributed by atoms with Gasteiger partial charge in [-0.2, -0.15) is 0 Å². The molecule has 0 aromatic rings. The van der Waals surface area contributed by atoms with Gasteiger partial charge in [-0.05, 0) is 25.9 Å². The molecule has 1 aliphatic heterocycles. The highest BCUT2D eigenvalue weighted by molar-refractivity contribution is 5.79. The number of rotatable bonds is 6. The van der Waals surface area contributed by atoms with E-state index in [4.69, 9.17) is 11.5 Å². The molecule has 0 aromatic heterocycles. The van der Waals surface area contributed by atoms with Crippen LogP contribution in [0.5, 0.6) is 0 Å². The van der Waals surface area contributed by atoms with Crippen molar-refractivity contribution in [3.8, 4) is 0 Å². The van der Waals surface area contributed by atoms with Crippen molar-refractivity contribution in [3.63, 3.8) is 0 Å². The van der Waals surface area contributed by atoms with Crippen LogP contribution in [0.2, 0.25) is 0 Å². The van der Waals surface area contributed by atoms with Gasteiger partial charge in [0.25, 0.3) is 0 Å². The SMILES string of the molecule is CCC(C(N)=O)N1CCN(CCCN)CC1. The van der Waals surface area contributed by atoms with Crippen LogP contribution >= 0.6 is 0 Å². The molecule has 1 fully saturated rings. The lowest BCUT2D eigenvalue weighted by atomic mass is 10.1. The summed E-state index contributed by atoms with van der Waals surface area (Å²) >= 11 is 0. The van der Waals surface area contributed by atoms with Crippen molar-refractivity contribution < 1.29 is 4.79 Å². The summed E-state index contributed by atoms with van der Waals surface area (Å²) in [5.74, 6) is -0.196. The number of nitrogens with zero attached hydrogens (tertiary/aromatic N) is 2. The second-order valence-corrected chi connectivity index (χ2v) is 4.35. The predicted molar refractivity (Wildman–Crippen MR) is 65.0 cm³/mol. The lowest BCUT2D eigenvalue weighted by molar-refractivity contribution is -0.124. The Balaban J connectivity index is 2.33. The molecule has 0 saturated carbocycles. The third-order valence-electron chi connectivity index (χ3n) is 3.24. The molecule has 5 nitrogen and oxygen atoms in total. The highest BCUT2D eigenvalue weighted by Crippen LogP contribution is 2.09. The third-order valence-corrected chi connectivity index (χ3v) is 3.24. The van der Waals surface area contributed by atoms with Gasteiger partial charge >= 0.3 is 0 Å². The fourth-order valence-corrected chi connectivity index (χ4v) is 2.25. The number of carbonyl (C=O) groups excluding carboxylic acids is 1. The molecule has 0 aromatic carbocycles. The first-order valence-electron chi connectivity index (χ1n) is 6.14. The summed E-state index contributed by atoms with van der Waals surface area (Å²) in [6, 6.07) is -0.0864. The lowest BCUT2D eigenvalue weighted by Gasteiger charge is -2.37. The molecular formula is C11H24N4O. The Labute approximate surface area is 97.7 Å². The Bertz CT molecular complexity index is 214. The number of primary amides is 1. The van der Waals surface area contributed by atoms with Crippen molar-refractivity contribution >= 4 is 5.91 Å². The highest BCUT2D eigenvalue weighted by atomic mass is 16.1. The molecule has 0 radical (unpaired) electrons. The monoisotopic (exact) mass is 228 g/mol. The standard InChI is InChI=1S/C11H24N4O/c1-2-10(11(13)16)15-8-6-14(7-9-15)5-3-4-12/h10H,2-9,12H2,1H3,(H2,13,16). The van der Waals surface area contributed by atoms with Crippen molar-refractivity contribution in [1.29, 1.82) is 0 Å². The minimum atomic E-state index is -0.196. The summed E-state index contributed by atoms with van der Waals surface area (Å²) in [7, 11) is 0. The van der Waals surface area contributed by atoms with Crippen LogP contribution in [-0.4, -0.2) is 61.0 Å². The minimum Gasteiger partial charge on any atom is -0.368 e. The Morgan fingerprint density at radius 3 is 2.38 bits per heavy atom. The first-order valence-corrected chi connectivity index (χ1v) is 6.14. The third kappa shape index (κ3) is 3.73. The topological polar surface area (TPSA) is 75.6 Å². The number of hydrogen-bond donors (Lipinski definition) is 2. The molecule has 1 atom stereocenters. The van der Waals surface area contributed by atoms with E-state index in [9.17, 15) is 4.79 Å². The molecule has 4 N–H and O–H groups in total. The normalized spacial score (nSPS) is 20.9. The van der Waals surface area contributed by atoms with Crippen LogP contribution in [-0.2, 0) is 4.79 Å². The number of hydrogen-bond acceptors (Lipinski definition) is 4. The maximum Gasteiger partial charge on any atom is 0.234 e. The molecule has 1 saturated heterocycles. The maximum atomic E-state index is 11.2. The fourth-order valence-electron chi connectivity index (χ4n) is 2.25. The smallest absolute Gasteiger partial charge is 0.234 e. The average molecular weight is 228 g/mol. The second-order valence-electron chi connectivity index (χ2n) is 4.35. The second kappa shape index (κ2) is 6.83. The molecule has 94 valence electrons. The average Bonchev–Trinajstić information content (AvgIpc) is 2.28. The van der Waals surface area contributed by atoms with Gasteiger partial charge in [0, 0.05) is 26.2 Å². The van der Waals surface area contributed by atoms with Crippen molar-refractivity contribution in [2.75, 3.05) is 39.3 Å². The number of nitrogens with two attached hydrogens (primary N) is 2. The summed E-state index contributed by atoms with van der Waals surface area (Å²) in [4.78, 5) is 15.8. The Morgan fingerprint density at radius 2 is 1.94 bits per heavy atom. The van der Waals surface area contributed by atoms with Gasteiger partial charge in [-0.3, -0.25) is 9.69 Å². The molecule has 1 unspecified atom stereocenters. The van der Waals surface area contributed by atoms with Crippen molar-refractivity contribution in [2.45, 2.75) is 25.8 Å². The van der Waals surface area contributed by atoms with Crippen LogP contribution < -0.4 is 11.5 Å². The minimum absolute atomic E-state index is 0.0864. The zero-order valence-corrected chi connectivity index (χ0v) is 10.2. The van der Waals surface area contributed by atoms with Crippen LogP contribution in [0.4, 0.5) is 0 Å². The molecule has 1 rings (SSSR count). The van der Waals surface area contributed by atoms with E-state index in [1.165, 1.54) is 0 Å². The van der Waals surface area contributed by atoms with E-state index in [2.05, 4.69) is 9.80 Å². The van der Waals surface area contributed by atoms with Gasteiger partial charge in [-0.25, -0.2) is 0 Å². The molecule has 16 heavy (non-hydrogen) atoms. The largest absolute Gasteiger partial charge is 0.368 e. The van der Waals surface area contributed by atoms with Gasteiger partial charge in [0.15, 0.2) is 0 Å². The molecule has 0 spiro atoms. The van der Waals surface area contributed by atoms with E-state index in [0.29, 0.717) is 0 Å². The zero-order valence-electron chi connectivity index (χ0n) is 10.2. The van der Waals surface area contributed by atoms with Crippen molar-refractivity contribution in [3.05, 3.63) is 0 Å². The summed E-state index contributed by atoms with van der Waals surface area (Å²) in [5.41, 5.74) is 10.9. The molecule has 1 amide bonds. The van der Waals surface area contributed by atoms with E-state index >= 15 is 0 Å². The predicted octanol–water partition coefficient (Wildman–Crippen LogP) is -0.783. The zero-order chi connectivity index (χ0) is 12.0. The quantitative estimate of drug-likeness (QED) is 0.625. The van der Waals surface area contributed by atoms with Gasteiger partial charge in [0.1, 0.15) is 0 Å². The van der Waals surface area contributed by atoms with E-state index < -0.39 is 0 Å². The maximum absolute atomic E-state index is 11.2. The Hall–Kier alpha value is -0.650. The molecule has 0 bridgehead atoms. The highest BCUT2D eigenvalue weighted by Gasteiger charge is 2.25. The number of piperazine rings is 1. The molecule has 5 heteroatoms. The van der Waals surface area contributed by atoms with E-state index in [1.807, 2.05) is 6.92 Å². The first-order chi connectivity index (χ1) is 7.69. The van der Waals surface area contributed by atoms with Gasteiger partial charge in [0.05, 0.1) is 6.04 Å². The number of carbonyl (C=O) groups is 1. The van der Waals surface area contributed by atoms with E-state index in [1.54, 1.807) is 0 Å². The first kappa shape index (κ1) is 13.4. The van der Waals surface area contributed by atoms with Crippen molar-refractivity contribution in [1.82, 2.24) is 9.80 Å². The fraction of sp³-hybridized carbons (Fsp3) is 0.909. The summed E-state index contributed by atoms with van der Waals surface area (Å²) in [5, 5.41) is 0. The summed E-state index contributed by atoms with van der Waals surface area (Å²) in [6.07, 6.45) is 1.85. The van der Waals surface area contributed by atoms with Gasteiger partial charge in [-0.1, -0.05) is 6.92 Å². The molecular weight excluding hydrogens is 204 g/mol. The van der Waals surface area contributed by atoms with Gasteiger partial charge in [0.2, 0.25) is 5.91 Å². The Kier molecular flexibility index (Phi) is 5.73. The van der Waals surface area contributed by atoms with Gasteiger partial charge < -0.3 is 16.4 Å². The Morgan fingerprint density at radius 1 is 1.31 bits per heavy atom. The van der Waals surface area contributed by atoms with Crippen LogP contribution in [0, 0.1) is 0 Å². The molecule has 0 aliphatic carbocycles. The van der Waals surface area contributed by atoms with Crippen LogP contribution in [0.15, 0.2) is 0 Å². The molecule has 1 heterocycles. The lowest BCUT2D eigenvalue weighted by Crippen LogP contribution is -2.54. The summed E-state index contributed by atoms with van der Waals surface area (Å²) in [6.45, 7) is 7.73. The number of amides is 1. The summed E-state index contributed by atoms with van der Waals surface area (Å²) < 4.78 is 0. The molecule has 1 aliphatic rings. The van der Waals surface area contributed by atoms with Crippen LogP contribution in [0.25, 0.3) is 0 Å². The van der Waals surface area contributed by atoms with Crippen LogP contribution in [0.1, 0.15) is 19.8 Å².